The summed E-state index contributed by atoms with van der Waals surface area (Å²) in [5, 5.41) is 4.10. The van der Waals surface area contributed by atoms with E-state index in [1.165, 1.54) is 5.56 Å². The van der Waals surface area contributed by atoms with Gasteiger partial charge in [0.25, 0.3) is 0 Å². The normalized spacial score (nSPS) is 10.6. The van der Waals surface area contributed by atoms with Crippen molar-refractivity contribution in [3.05, 3.63) is 51.3 Å². The van der Waals surface area contributed by atoms with Crippen molar-refractivity contribution < 1.29 is 0 Å². The van der Waals surface area contributed by atoms with E-state index in [1.54, 1.807) is 0 Å². The molecule has 1 N–H and O–H groups in total. The first kappa shape index (κ1) is 15.3. The molecule has 5 heteroatoms. The van der Waals surface area contributed by atoms with Crippen molar-refractivity contribution in [2.24, 2.45) is 0 Å². The molecular weight excluding hydrogens is 338 g/mol. The van der Waals surface area contributed by atoms with Gasteiger partial charge in [0.2, 0.25) is 0 Å². The van der Waals surface area contributed by atoms with Gasteiger partial charge in [0.15, 0.2) is 0 Å². The lowest BCUT2D eigenvalue weighted by atomic mass is 10.1. The lowest BCUT2D eigenvalue weighted by Crippen LogP contribution is -2.08. The van der Waals surface area contributed by atoms with Crippen LogP contribution in [0.5, 0.6) is 0 Å². The fourth-order valence-electron chi connectivity index (χ4n) is 1.88. The Hall–Kier alpha value is -1.13. The Bertz CT molecular complexity index is 558. The summed E-state index contributed by atoms with van der Waals surface area (Å²) in [7, 11) is 0. The highest BCUT2D eigenvalue weighted by molar-refractivity contribution is 9.10. The average molecular weight is 355 g/mol. The first-order valence-corrected chi connectivity index (χ1v) is 7.86. The zero-order chi connectivity index (χ0) is 14.4. The van der Waals surface area contributed by atoms with E-state index in [1.807, 2.05) is 30.3 Å². The van der Waals surface area contributed by atoms with Gasteiger partial charge in [0.1, 0.15) is 16.2 Å². The van der Waals surface area contributed by atoms with Gasteiger partial charge in [-0.1, -0.05) is 30.7 Å². The number of anilines is 1. The number of halogens is 2. The zero-order valence-electron chi connectivity index (χ0n) is 11.4. The number of aromatic nitrogens is 2. The van der Waals surface area contributed by atoms with Crippen molar-refractivity contribution in [3.8, 4) is 0 Å². The highest BCUT2D eigenvalue weighted by Crippen LogP contribution is 2.14. The summed E-state index contributed by atoms with van der Waals surface area (Å²) in [6.45, 7) is 2.95. The molecule has 0 atom stereocenters. The van der Waals surface area contributed by atoms with Crippen LogP contribution in [0.15, 0.2) is 34.9 Å². The van der Waals surface area contributed by atoms with E-state index in [0.29, 0.717) is 0 Å². The molecule has 106 valence electrons. The van der Waals surface area contributed by atoms with Crippen molar-refractivity contribution in [1.82, 2.24) is 9.97 Å². The van der Waals surface area contributed by atoms with E-state index < -0.39 is 0 Å². The lowest BCUT2D eigenvalue weighted by Gasteiger charge is -2.08. The van der Waals surface area contributed by atoms with Crippen LogP contribution < -0.4 is 5.32 Å². The van der Waals surface area contributed by atoms with Crippen LogP contribution in [-0.2, 0) is 12.8 Å². The number of hydrogen-bond donors (Lipinski definition) is 1. The van der Waals surface area contributed by atoms with Crippen LogP contribution in [0, 0.1) is 0 Å². The summed E-state index contributed by atoms with van der Waals surface area (Å²) in [6, 6.07) is 9.82. The maximum atomic E-state index is 5.87. The molecular formula is C15H17BrClN3. The summed E-state index contributed by atoms with van der Waals surface area (Å²) in [6.07, 6.45) is 2.87. The maximum absolute atomic E-state index is 5.87. The molecule has 0 bridgehead atoms. The van der Waals surface area contributed by atoms with Crippen LogP contribution in [-0.4, -0.2) is 16.5 Å². The second-order valence-corrected chi connectivity index (χ2v) is 5.79. The van der Waals surface area contributed by atoms with Crippen molar-refractivity contribution in [2.75, 3.05) is 11.9 Å². The predicted octanol–water partition coefficient (Wildman–Crippen LogP) is 4.50. The number of aryl methyl sites for hydroxylation is 1. The molecule has 20 heavy (non-hydrogen) atoms. The first-order chi connectivity index (χ1) is 9.67. The zero-order valence-corrected chi connectivity index (χ0v) is 13.7. The molecule has 0 spiro atoms. The van der Waals surface area contributed by atoms with E-state index in [9.17, 15) is 0 Å². The molecule has 0 aliphatic carbocycles. The fourth-order valence-corrected chi connectivity index (χ4v) is 2.42. The Morgan fingerprint density at radius 1 is 1.15 bits per heavy atom. The second kappa shape index (κ2) is 7.60. The number of benzene rings is 1. The van der Waals surface area contributed by atoms with Gasteiger partial charge in [-0.3, -0.25) is 0 Å². The Kier molecular flexibility index (Phi) is 5.80. The van der Waals surface area contributed by atoms with Crippen LogP contribution >= 0.6 is 27.5 Å². The van der Waals surface area contributed by atoms with E-state index >= 15 is 0 Å². The van der Waals surface area contributed by atoms with Gasteiger partial charge in [-0.15, -0.1) is 0 Å². The highest BCUT2D eigenvalue weighted by atomic mass is 79.9. The lowest BCUT2D eigenvalue weighted by molar-refractivity contribution is 0.827. The Morgan fingerprint density at radius 2 is 1.90 bits per heavy atom. The Morgan fingerprint density at radius 3 is 2.60 bits per heavy atom. The molecule has 1 heterocycles. The third kappa shape index (κ3) is 4.76. The van der Waals surface area contributed by atoms with Gasteiger partial charge in [0.05, 0.1) is 0 Å². The summed E-state index contributed by atoms with van der Waals surface area (Å²) in [4.78, 5) is 8.85. The topological polar surface area (TPSA) is 37.8 Å². The number of hydrogen-bond acceptors (Lipinski definition) is 3. The predicted molar refractivity (Wildman–Crippen MR) is 87.4 cm³/mol. The minimum absolute atomic E-state index is 0.769. The third-order valence-corrected chi connectivity index (χ3v) is 3.51. The third-order valence-electron chi connectivity index (χ3n) is 2.85. The minimum atomic E-state index is 0.769. The minimum Gasteiger partial charge on any atom is -0.370 e. The van der Waals surface area contributed by atoms with Crippen LogP contribution in [0.2, 0.25) is 5.02 Å². The Labute approximate surface area is 132 Å². The van der Waals surface area contributed by atoms with E-state index in [0.717, 1.165) is 47.1 Å². The average Bonchev–Trinajstić information content (AvgIpc) is 2.41. The van der Waals surface area contributed by atoms with E-state index in [2.05, 4.69) is 38.1 Å². The van der Waals surface area contributed by atoms with Gasteiger partial charge < -0.3 is 5.32 Å². The Balaban J connectivity index is 1.91. The van der Waals surface area contributed by atoms with Crippen LogP contribution in [0.25, 0.3) is 0 Å². The summed E-state index contributed by atoms with van der Waals surface area (Å²) in [5.41, 5.74) is 1.25. The molecule has 1 aromatic heterocycles. The molecule has 1 aromatic carbocycles. The van der Waals surface area contributed by atoms with Gasteiger partial charge in [-0.25, -0.2) is 9.97 Å². The summed E-state index contributed by atoms with van der Waals surface area (Å²) in [5.74, 6) is 1.74. The SMILES string of the molecule is CCCc1nc(Br)cc(NCCc2ccc(Cl)cc2)n1. The second-order valence-electron chi connectivity index (χ2n) is 4.55. The van der Waals surface area contributed by atoms with Gasteiger partial charge in [0, 0.05) is 24.1 Å². The van der Waals surface area contributed by atoms with Crippen molar-refractivity contribution in [1.29, 1.82) is 0 Å². The molecule has 2 rings (SSSR count). The molecule has 0 saturated carbocycles. The van der Waals surface area contributed by atoms with Gasteiger partial charge in [-0.05, 0) is 46.5 Å². The first-order valence-electron chi connectivity index (χ1n) is 6.69. The monoisotopic (exact) mass is 353 g/mol. The summed E-state index contributed by atoms with van der Waals surface area (Å²) >= 11 is 9.29. The number of nitrogens with one attached hydrogen (secondary N) is 1. The van der Waals surface area contributed by atoms with Crippen LogP contribution in [0.3, 0.4) is 0 Å². The van der Waals surface area contributed by atoms with Gasteiger partial charge in [-0.2, -0.15) is 0 Å². The largest absolute Gasteiger partial charge is 0.370 e. The fraction of sp³-hybridized carbons (Fsp3) is 0.333. The van der Waals surface area contributed by atoms with Crippen molar-refractivity contribution in [2.45, 2.75) is 26.2 Å². The highest BCUT2D eigenvalue weighted by Gasteiger charge is 2.02. The maximum Gasteiger partial charge on any atom is 0.132 e. The molecule has 0 unspecified atom stereocenters. The summed E-state index contributed by atoms with van der Waals surface area (Å²) < 4.78 is 0.824. The smallest absolute Gasteiger partial charge is 0.132 e. The number of nitrogens with zero attached hydrogens (tertiary/aromatic N) is 2. The molecule has 0 radical (unpaired) electrons. The van der Waals surface area contributed by atoms with Crippen molar-refractivity contribution >= 4 is 33.3 Å². The molecule has 0 amide bonds. The molecule has 0 fully saturated rings. The van der Waals surface area contributed by atoms with Crippen LogP contribution in [0.1, 0.15) is 24.7 Å². The van der Waals surface area contributed by atoms with Gasteiger partial charge >= 0.3 is 0 Å². The van der Waals surface area contributed by atoms with Crippen molar-refractivity contribution in [3.63, 3.8) is 0 Å². The van der Waals surface area contributed by atoms with E-state index in [-0.39, 0.29) is 0 Å². The molecule has 3 nitrogen and oxygen atoms in total. The van der Waals surface area contributed by atoms with E-state index in [4.69, 9.17) is 11.6 Å². The molecule has 0 aliphatic rings. The molecule has 0 saturated heterocycles. The van der Waals surface area contributed by atoms with Crippen LogP contribution in [0.4, 0.5) is 5.82 Å². The standard InChI is InChI=1S/C15H17BrClN3/c1-2-3-14-19-13(16)10-15(20-14)18-9-8-11-4-6-12(17)7-5-11/h4-7,10H,2-3,8-9H2,1H3,(H,18,19,20). The number of rotatable bonds is 6. The molecule has 0 aliphatic heterocycles. The molecule has 2 aromatic rings. The quantitative estimate of drug-likeness (QED) is 0.776.